The molecule has 2 rings (SSSR count). The molecule has 0 saturated carbocycles. The molecule has 1 heterocycles. The Labute approximate surface area is 99.1 Å². The van der Waals surface area contributed by atoms with Crippen LogP contribution >= 0.6 is 11.6 Å². The van der Waals surface area contributed by atoms with Crippen LogP contribution in [-0.4, -0.2) is 32.9 Å². The summed E-state index contributed by atoms with van der Waals surface area (Å²) in [5.74, 6) is 0.440. The van der Waals surface area contributed by atoms with Crippen LogP contribution in [0.3, 0.4) is 0 Å². The number of rotatable bonds is 4. The fourth-order valence-corrected chi connectivity index (χ4v) is 2.55. The molecule has 1 saturated heterocycles. The molecule has 0 radical (unpaired) electrons. The number of nitrogens with zero attached hydrogens (tertiary/aromatic N) is 1. The summed E-state index contributed by atoms with van der Waals surface area (Å²) >= 11 is 5.79. The summed E-state index contributed by atoms with van der Waals surface area (Å²) in [6, 6.07) is 4.76. The topological polar surface area (TPSA) is 58.4 Å². The monoisotopic (exact) mass is 262 g/mol. The van der Waals surface area contributed by atoms with Crippen LogP contribution in [0.15, 0.2) is 18.2 Å². The number of nitrogens with one attached hydrogen (secondary N) is 1. The number of anilines is 1. The Morgan fingerprint density at radius 3 is 2.69 bits per heavy atom. The van der Waals surface area contributed by atoms with E-state index in [-0.39, 0.29) is 0 Å². The van der Waals surface area contributed by atoms with Crippen molar-refractivity contribution in [3.63, 3.8) is 0 Å². The molecule has 0 spiro atoms. The summed E-state index contributed by atoms with van der Waals surface area (Å²) in [5.41, 5.74) is 0.349. The van der Waals surface area contributed by atoms with Gasteiger partial charge in [-0.2, -0.15) is 12.7 Å². The van der Waals surface area contributed by atoms with Crippen molar-refractivity contribution < 1.29 is 13.2 Å². The van der Waals surface area contributed by atoms with Crippen LogP contribution in [0.5, 0.6) is 5.75 Å². The molecule has 1 aliphatic rings. The highest BCUT2D eigenvalue weighted by Gasteiger charge is 2.32. The molecule has 1 fully saturated rings. The van der Waals surface area contributed by atoms with Gasteiger partial charge in [0.05, 0.1) is 12.8 Å². The maximum Gasteiger partial charge on any atom is 0.301 e. The first-order valence-corrected chi connectivity index (χ1v) is 6.46. The van der Waals surface area contributed by atoms with E-state index < -0.39 is 10.2 Å². The zero-order valence-corrected chi connectivity index (χ0v) is 10.2. The van der Waals surface area contributed by atoms with Crippen molar-refractivity contribution in [1.82, 2.24) is 4.31 Å². The average molecular weight is 263 g/mol. The lowest BCUT2D eigenvalue weighted by Crippen LogP contribution is -2.21. The van der Waals surface area contributed by atoms with E-state index >= 15 is 0 Å². The summed E-state index contributed by atoms with van der Waals surface area (Å²) in [4.78, 5) is 0. The Morgan fingerprint density at radius 2 is 2.12 bits per heavy atom. The number of ether oxygens (including phenoxy) is 1. The molecule has 0 unspecified atom stereocenters. The Bertz CT molecular complexity index is 499. The third-order valence-electron chi connectivity index (χ3n) is 2.15. The minimum atomic E-state index is -3.44. The van der Waals surface area contributed by atoms with Crippen molar-refractivity contribution in [2.24, 2.45) is 0 Å². The largest absolute Gasteiger partial charge is 0.495 e. The number of hydrogen-bond acceptors (Lipinski definition) is 3. The molecule has 5 nitrogen and oxygen atoms in total. The van der Waals surface area contributed by atoms with Crippen molar-refractivity contribution in [2.75, 3.05) is 24.9 Å². The lowest BCUT2D eigenvalue weighted by Gasteiger charge is -2.11. The molecule has 0 aromatic heterocycles. The van der Waals surface area contributed by atoms with E-state index in [1.165, 1.54) is 17.5 Å². The predicted octanol–water partition coefficient (Wildman–Crippen LogP) is 1.32. The molecule has 1 aromatic carbocycles. The van der Waals surface area contributed by atoms with Gasteiger partial charge in [-0.1, -0.05) is 11.6 Å². The van der Waals surface area contributed by atoms with Gasteiger partial charge in [0.25, 0.3) is 0 Å². The van der Waals surface area contributed by atoms with Gasteiger partial charge < -0.3 is 4.74 Å². The predicted molar refractivity (Wildman–Crippen MR) is 62.1 cm³/mol. The molecule has 88 valence electrons. The van der Waals surface area contributed by atoms with Gasteiger partial charge in [0.15, 0.2) is 0 Å². The van der Waals surface area contributed by atoms with Gasteiger partial charge in [0.1, 0.15) is 5.75 Å². The highest BCUT2D eigenvalue weighted by Crippen LogP contribution is 2.29. The first-order chi connectivity index (χ1) is 7.53. The van der Waals surface area contributed by atoms with E-state index in [9.17, 15) is 8.42 Å². The van der Waals surface area contributed by atoms with Crippen LogP contribution in [-0.2, 0) is 10.2 Å². The maximum absolute atomic E-state index is 11.7. The number of hydrogen-bond donors (Lipinski definition) is 1. The van der Waals surface area contributed by atoms with Crippen LogP contribution in [0.1, 0.15) is 0 Å². The van der Waals surface area contributed by atoms with E-state index in [0.29, 0.717) is 29.5 Å². The number of halogens is 1. The molecule has 0 bridgehead atoms. The Kier molecular flexibility index (Phi) is 2.96. The standard InChI is InChI=1S/C9H11ClN2O3S/c1-15-9-3-2-7(10)6-8(9)11-16(13,14)12-4-5-12/h2-3,6,11H,4-5H2,1H3. The van der Waals surface area contributed by atoms with Crippen LogP contribution in [0.25, 0.3) is 0 Å². The van der Waals surface area contributed by atoms with Crippen LogP contribution < -0.4 is 9.46 Å². The molecule has 1 N–H and O–H groups in total. The normalized spacial score (nSPS) is 15.9. The van der Waals surface area contributed by atoms with E-state index in [2.05, 4.69) is 4.72 Å². The van der Waals surface area contributed by atoms with Gasteiger partial charge in [0, 0.05) is 18.1 Å². The lowest BCUT2D eigenvalue weighted by atomic mass is 10.3. The number of benzene rings is 1. The van der Waals surface area contributed by atoms with Crippen LogP contribution in [0.2, 0.25) is 5.02 Å². The fourth-order valence-electron chi connectivity index (χ4n) is 1.24. The van der Waals surface area contributed by atoms with Crippen LogP contribution in [0, 0.1) is 0 Å². The minimum Gasteiger partial charge on any atom is -0.495 e. The Morgan fingerprint density at radius 1 is 1.44 bits per heavy atom. The van der Waals surface area contributed by atoms with Crippen molar-refractivity contribution in [1.29, 1.82) is 0 Å². The molecule has 0 aliphatic carbocycles. The summed E-state index contributed by atoms with van der Waals surface area (Å²) in [7, 11) is -1.97. The molecule has 1 aliphatic heterocycles. The third-order valence-corrected chi connectivity index (χ3v) is 3.90. The minimum absolute atomic E-state index is 0.349. The second kappa shape index (κ2) is 4.12. The van der Waals surface area contributed by atoms with Gasteiger partial charge in [-0.3, -0.25) is 4.72 Å². The van der Waals surface area contributed by atoms with E-state index in [0.717, 1.165) is 0 Å². The lowest BCUT2D eigenvalue weighted by molar-refractivity contribution is 0.417. The van der Waals surface area contributed by atoms with E-state index in [4.69, 9.17) is 16.3 Å². The molecule has 1 aromatic rings. The molecule has 0 amide bonds. The zero-order chi connectivity index (χ0) is 11.8. The molecule has 0 atom stereocenters. The van der Waals surface area contributed by atoms with Crippen molar-refractivity contribution >= 4 is 27.5 Å². The third kappa shape index (κ3) is 2.40. The zero-order valence-electron chi connectivity index (χ0n) is 8.60. The highest BCUT2D eigenvalue weighted by molar-refractivity contribution is 7.90. The van der Waals surface area contributed by atoms with Gasteiger partial charge in [0.2, 0.25) is 0 Å². The van der Waals surface area contributed by atoms with Gasteiger partial charge in [-0.05, 0) is 18.2 Å². The number of methoxy groups -OCH3 is 1. The summed E-state index contributed by atoms with van der Waals surface area (Å²) in [6.45, 7) is 1.11. The maximum atomic E-state index is 11.7. The molecular weight excluding hydrogens is 252 g/mol. The van der Waals surface area contributed by atoms with Gasteiger partial charge >= 0.3 is 10.2 Å². The van der Waals surface area contributed by atoms with Crippen molar-refractivity contribution in [3.8, 4) is 5.75 Å². The molecule has 7 heteroatoms. The second-order valence-electron chi connectivity index (χ2n) is 3.35. The van der Waals surface area contributed by atoms with Crippen LogP contribution in [0.4, 0.5) is 5.69 Å². The fraction of sp³-hybridized carbons (Fsp3) is 0.333. The van der Waals surface area contributed by atoms with Crippen molar-refractivity contribution in [2.45, 2.75) is 0 Å². The SMILES string of the molecule is COc1ccc(Cl)cc1NS(=O)(=O)N1CC1. The van der Waals surface area contributed by atoms with Gasteiger partial charge in [-0.15, -0.1) is 0 Å². The van der Waals surface area contributed by atoms with E-state index in [1.54, 1.807) is 12.1 Å². The summed E-state index contributed by atoms with van der Waals surface area (Å²) in [6.07, 6.45) is 0. The molecular formula is C9H11ClN2O3S. The first kappa shape index (κ1) is 11.5. The second-order valence-corrected chi connectivity index (χ2v) is 5.46. The quantitative estimate of drug-likeness (QED) is 0.833. The van der Waals surface area contributed by atoms with E-state index in [1.807, 2.05) is 0 Å². The summed E-state index contributed by atoms with van der Waals surface area (Å²) < 4.78 is 32.1. The average Bonchev–Trinajstić information content (AvgIpc) is 3.00. The van der Waals surface area contributed by atoms with Crippen molar-refractivity contribution in [3.05, 3.63) is 23.2 Å². The Hall–Kier alpha value is -0.980. The summed E-state index contributed by atoms with van der Waals surface area (Å²) in [5, 5.41) is 0.448. The smallest absolute Gasteiger partial charge is 0.301 e. The van der Waals surface area contributed by atoms with Gasteiger partial charge in [-0.25, -0.2) is 0 Å². The Balaban J connectivity index is 2.29. The first-order valence-electron chi connectivity index (χ1n) is 4.64. The highest BCUT2D eigenvalue weighted by atomic mass is 35.5. The molecule has 16 heavy (non-hydrogen) atoms.